The van der Waals surface area contributed by atoms with Gasteiger partial charge in [0.2, 0.25) is 0 Å². The van der Waals surface area contributed by atoms with Crippen LogP contribution in [-0.2, 0) is 15.8 Å². The van der Waals surface area contributed by atoms with Gasteiger partial charge >= 0.3 is 6.18 Å². The lowest BCUT2D eigenvalue weighted by atomic mass is 10.1. The van der Waals surface area contributed by atoms with E-state index < -0.39 is 46.7 Å². The molecule has 5 nitrogen and oxygen atoms in total. The van der Waals surface area contributed by atoms with E-state index in [1.54, 1.807) is 0 Å². The van der Waals surface area contributed by atoms with Gasteiger partial charge in [0.05, 0.1) is 29.4 Å². The average molecular weight is 353 g/mol. The Hall–Kier alpha value is -2.13. The number of anilines is 1. The van der Waals surface area contributed by atoms with Crippen LogP contribution in [0.5, 0.6) is 0 Å². The van der Waals surface area contributed by atoms with E-state index in [0.717, 1.165) is 6.08 Å². The molecule has 0 radical (unpaired) electrons. The maximum absolute atomic E-state index is 13.4. The third-order valence-electron chi connectivity index (χ3n) is 2.95. The molecule has 1 aromatic rings. The van der Waals surface area contributed by atoms with Crippen LogP contribution in [-0.4, -0.2) is 35.0 Å². The van der Waals surface area contributed by atoms with Gasteiger partial charge in [-0.2, -0.15) is 13.2 Å². The Morgan fingerprint density at radius 3 is 2.48 bits per heavy atom. The van der Waals surface area contributed by atoms with Gasteiger partial charge in [0.15, 0.2) is 0 Å². The number of aliphatic hydroxyl groups is 1. The van der Waals surface area contributed by atoms with Crippen LogP contribution in [0.4, 0.5) is 23.2 Å². The van der Waals surface area contributed by atoms with E-state index in [4.69, 9.17) is 16.7 Å². The zero-order valence-electron chi connectivity index (χ0n) is 11.2. The minimum absolute atomic E-state index is 0.224. The summed E-state index contributed by atoms with van der Waals surface area (Å²) < 4.78 is 51.7. The fourth-order valence-corrected chi connectivity index (χ4v) is 2.20. The van der Waals surface area contributed by atoms with Gasteiger partial charge in [0, 0.05) is 6.08 Å². The molecule has 124 valence electrons. The molecular formula is C13H9ClF4N2O3. The van der Waals surface area contributed by atoms with E-state index in [0.29, 0.717) is 11.0 Å². The zero-order valence-corrected chi connectivity index (χ0v) is 12.0. The summed E-state index contributed by atoms with van der Waals surface area (Å²) in [5.74, 6) is -2.83. The number of β-amino-alcohol motifs (C(OH)–C–C–N with tert-alkyl or cyclic N) is 1. The van der Waals surface area contributed by atoms with Gasteiger partial charge in [-0.25, -0.2) is 4.39 Å². The van der Waals surface area contributed by atoms with Gasteiger partial charge in [-0.3, -0.25) is 14.5 Å². The van der Waals surface area contributed by atoms with Crippen LogP contribution in [0.15, 0.2) is 23.9 Å². The number of nitrogens with zero attached hydrogens (tertiary/aromatic N) is 1. The predicted octanol–water partition coefficient (Wildman–Crippen LogP) is 2.15. The molecule has 1 heterocycles. The molecule has 0 aromatic heterocycles. The highest BCUT2D eigenvalue weighted by atomic mass is 35.5. The lowest BCUT2D eigenvalue weighted by Gasteiger charge is -2.16. The molecule has 2 amide bonds. The van der Waals surface area contributed by atoms with Gasteiger partial charge in [-0.05, 0) is 12.1 Å². The number of amides is 2. The molecule has 0 saturated heterocycles. The monoisotopic (exact) mass is 352 g/mol. The number of halogens is 5. The number of alkyl halides is 3. The quantitative estimate of drug-likeness (QED) is 0.643. The number of nitrogens with one attached hydrogen (secondary N) is 1. The van der Waals surface area contributed by atoms with Crippen molar-refractivity contribution in [3.8, 4) is 0 Å². The second-order valence-corrected chi connectivity index (χ2v) is 4.89. The molecule has 0 atom stereocenters. The molecule has 0 aliphatic carbocycles. The summed E-state index contributed by atoms with van der Waals surface area (Å²) in [6, 6.07) is 0.895. The minimum Gasteiger partial charge on any atom is -0.395 e. The fraction of sp³-hybridized carbons (Fsp3) is 0.231. The zero-order chi connectivity index (χ0) is 17.4. The molecule has 1 aliphatic rings. The summed E-state index contributed by atoms with van der Waals surface area (Å²) in [6.07, 6.45) is -4.06. The summed E-state index contributed by atoms with van der Waals surface area (Å²) in [5.41, 5.74) is -2.28. The Morgan fingerprint density at radius 1 is 1.26 bits per heavy atom. The molecule has 23 heavy (non-hydrogen) atoms. The van der Waals surface area contributed by atoms with Crippen LogP contribution in [0.1, 0.15) is 5.56 Å². The predicted molar refractivity (Wildman–Crippen MR) is 71.9 cm³/mol. The molecule has 1 aliphatic heterocycles. The molecule has 0 bridgehead atoms. The highest BCUT2D eigenvalue weighted by Crippen LogP contribution is 2.39. The van der Waals surface area contributed by atoms with Crippen LogP contribution >= 0.6 is 11.6 Å². The summed E-state index contributed by atoms with van der Waals surface area (Å²) in [5, 5.41) is 10.2. The van der Waals surface area contributed by atoms with Crippen LogP contribution < -0.4 is 5.32 Å². The van der Waals surface area contributed by atoms with E-state index in [9.17, 15) is 27.2 Å². The van der Waals surface area contributed by atoms with Crippen LogP contribution in [0.25, 0.3) is 0 Å². The van der Waals surface area contributed by atoms with Gasteiger partial charge in [0.1, 0.15) is 11.5 Å². The Morgan fingerprint density at radius 2 is 1.91 bits per heavy atom. The maximum Gasteiger partial charge on any atom is 0.418 e. The highest BCUT2D eigenvalue weighted by Gasteiger charge is 2.36. The van der Waals surface area contributed by atoms with Crippen molar-refractivity contribution in [1.82, 2.24) is 4.90 Å². The van der Waals surface area contributed by atoms with Crippen molar-refractivity contribution >= 4 is 29.1 Å². The number of rotatable bonds is 4. The second kappa shape index (κ2) is 6.17. The molecule has 0 unspecified atom stereocenters. The first-order valence-corrected chi connectivity index (χ1v) is 6.54. The topological polar surface area (TPSA) is 69.6 Å². The summed E-state index contributed by atoms with van der Waals surface area (Å²) in [4.78, 5) is 24.1. The van der Waals surface area contributed by atoms with Crippen LogP contribution in [0.3, 0.4) is 0 Å². The Kier molecular flexibility index (Phi) is 4.62. The number of hydrogen-bond acceptors (Lipinski definition) is 4. The average Bonchev–Trinajstić information content (AvgIpc) is 2.69. The van der Waals surface area contributed by atoms with Gasteiger partial charge < -0.3 is 10.4 Å². The van der Waals surface area contributed by atoms with Crippen molar-refractivity contribution in [3.05, 3.63) is 40.3 Å². The molecule has 2 rings (SSSR count). The smallest absolute Gasteiger partial charge is 0.395 e. The molecule has 2 N–H and O–H groups in total. The van der Waals surface area contributed by atoms with Crippen molar-refractivity contribution in [1.29, 1.82) is 0 Å². The Bertz CT molecular complexity index is 703. The van der Waals surface area contributed by atoms with E-state index in [-0.39, 0.29) is 18.3 Å². The molecule has 0 fully saturated rings. The van der Waals surface area contributed by atoms with Crippen LogP contribution in [0, 0.1) is 5.82 Å². The molecule has 0 saturated carbocycles. The number of aliphatic hydroxyl groups excluding tert-OH is 1. The minimum atomic E-state index is -4.89. The van der Waals surface area contributed by atoms with Crippen molar-refractivity contribution < 1.29 is 32.3 Å². The number of carbonyl (C=O) groups excluding carboxylic acids is 2. The van der Waals surface area contributed by atoms with Crippen molar-refractivity contribution in [2.24, 2.45) is 0 Å². The lowest BCUT2D eigenvalue weighted by molar-refractivity contribution is -0.138. The first kappa shape index (κ1) is 17.2. The highest BCUT2D eigenvalue weighted by molar-refractivity contribution is 6.34. The molecule has 10 heteroatoms. The first-order valence-electron chi connectivity index (χ1n) is 6.16. The van der Waals surface area contributed by atoms with E-state index in [2.05, 4.69) is 5.32 Å². The third-order valence-corrected chi connectivity index (χ3v) is 3.35. The molecule has 0 spiro atoms. The molecule has 1 aromatic carbocycles. The van der Waals surface area contributed by atoms with Crippen molar-refractivity contribution in [2.75, 3.05) is 18.5 Å². The van der Waals surface area contributed by atoms with E-state index in [1.807, 2.05) is 0 Å². The van der Waals surface area contributed by atoms with Crippen molar-refractivity contribution in [2.45, 2.75) is 6.18 Å². The summed E-state index contributed by atoms with van der Waals surface area (Å²) in [7, 11) is 0. The summed E-state index contributed by atoms with van der Waals surface area (Å²) >= 11 is 5.60. The first-order chi connectivity index (χ1) is 10.6. The van der Waals surface area contributed by atoms with Crippen molar-refractivity contribution in [3.63, 3.8) is 0 Å². The number of imide groups is 1. The number of benzene rings is 1. The Balaban J connectivity index is 2.35. The second-order valence-electron chi connectivity index (χ2n) is 4.51. The largest absolute Gasteiger partial charge is 0.418 e. The van der Waals surface area contributed by atoms with Crippen LogP contribution in [0.2, 0.25) is 5.02 Å². The van der Waals surface area contributed by atoms with E-state index in [1.165, 1.54) is 0 Å². The van der Waals surface area contributed by atoms with Gasteiger partial charge in [0.25, 0.3) is 11.8 Å². The fourth-order valence-electron chi connectivity index (χ4n) is 1.94. The third kappa shape index (κ3) is 3.45. The van der Waals surface area contributed by atoms with Gasteiger partial charge in [-0.1, -0.05) is 11.6 Å². The standard InChI is InChI=1S/C13H9ClF4N2O3/c14-11-7(13(16,17)18)3-6(15)4-8(11)19-9-5-10(22)20(1-2-21)12(9)23/h3-5,19,21H,1-2H2. The lowest BCUT2D eigenvalue weighted by Crippen LogP contribution is -2.34. The number of hydrogen-bond donors (Lipinski definition) is 2. The molecular weight excluding hydrogens is 344 g/mol. The maximum atomic E-state index is 13.4. The van der Waals surface area contributed by atoms with E-state index >= 15 is 0 Å². The number of carbonyl (C=O) groups is 2. The summed E-state index contributed by atoms with van der Waals surface area (Å²) in [6.45, 7) is -0.748. The SMILES string of the molecule is O=C1C=C(Nc2cc(F)cc(C(F)(F)F)c2Cl)C(=O)N1CCO. The normalized spacial score (nSPS) is 15.2. The Labute approximate surface area is 132 Å². The van der Waals surface area contributed by atoms with Gasteiger partial charge in [-0.15, -0.1) is 0 Å².